The summed E-state index contributed by atoms with van der Waals surface area (Å²) < 4.78 is 0. The molecule has 0 saturated carbocycles. The van der Waals surface area contributed by atoms with E-state index in [0.29, 0.717) is 6.42 Å². The number of benzene rings is 3. The molecule has 0 spiro atoms. The minimum atomic E-state index is 0.0488. The molecule has 1 N–H and O–H groups in total. The van der Waals surface area contributed by atoms with Gasteiger partial charge in [-0.05, 0) is 22.9 Å². The van der Waals surface area contributed by atoms with E-state index >= 15 is 0 Å². The maximum Gasteiger partial charge on any atom is 0.224 e. The van der Waals surface area contributed by atoms with Crippen LogP contribution in [-0.4, -0.2) is 5.91 Å². The fraction of sp³-hybridized carbons (Fsp3) is 0.150. The quantitative estimate of drug-likeness (QED) is 0.721. The first kappa shape index (κ1) is 14.3. The molecular weight excluding hydrogens is 270 g/mol. The average Bonchev–Trinajstić information content (AvgIpc) is 2.56. The molecule has 22 heavy (non-hydrogen) atoms. The largest absolute Gasteiger partial charge is 0.325 e. The van der Waals surface area contributed by atoms with Crippen LogP contribution in [0.1, 0.15) is 24.8 Å². The van der Waals surface area contributed by atoms with E-state index < -0.39 is 0 Å². The third-order valence-electron chi connectivity index (χ3n) is 3.92. The smallest absolute Gasteiger partial charge is 0.224 e. The van der Waals surface area contributed by atoms with Gasteiger partial charge in [0.15, 0.2) is 0 Å². The Morgan fingerprint density at radius 3 is 2.41 bits per heavy atom. The summed E-state index contributed by atoms with van der Waals surface area (Å²) in [6, 6.07) is 24.2. The average molecular weight is 289 g/mol. The molecule has 1 amide bonds. The van der Waals surface area contributed by atoms with Crippen LogP contribution < -0.4 is 5.32 Å². The van der Waals surface area contributed by atoms with Crippen LogP contribution in [0.2, 0.25) is 0 Å². The van der Waals surface area contributed by atoms with E-state index in [0.717, 1.165) is 16.5 Å². The van der Waals surface area contributed by atoms with Crippen LogP contribution in [0.15, 0.2) is 72.8 Å². The number of hydrogen-bond donors (Lipinski definition) is 1. The molecule has 110 valence electrons. The summed E-state index contributed by atoms with van der Waals surface area (Å²) in [6.45, 7) is 2.08. The van der Waals surface area contributed by atoms with Crippen molar-refractivity contribution >= 4 is 22.4 Å². The molecule has 3 aromatic carbocycles. The minimum Gasteiger partial charge on any atom is -0.325 e. The number of carbonyl (C=O) groups is 1. The number of nitrogens with one attached hydrogen (secondary N) is 1. The monoisotopic (exact) mass is 289 g/mol. The van der Waals surface area contributed by atoms with Gasteiger partial charge in [-0.3, -0.25) is 4.79 Å². The predicted octanol–water partition coefficient (Wildman–Crippen LogP) is 4.97. The van der Waals surface area contributed by atoms with Crippen LogP contribution in [0.5, 0.6) is 0 Å². The second-order valence-electron chi connectivity index (χ2n) is 5.59. The lowest BCUT2D eigenvalue weighted by Gasteiger charge is -2.13. The van der Waals surface area contributed by atoms with Crippen LogP contribution in [0.3, 0.4) is 0 Å². The third kappa shape index (κ3) is 3.17. The molecule has 1 atom stereocenters. The van der Waals surface area contributed by atoms with Crippen molar-refractivity contribution in [3.05, 3.63) is 78.4 Å². The fourth-order valence-corrected chi connectivity index (χ4v) is 2.71. The highest BCUT2D eigenvalue weighted by Crippen LogP contribution is 2.24. The van der Waals surface area contributed by atoms with Crippen molar-refractivity contribution in [2.75, 3.05) is 5.32 Å². The van der Waals surface area contributed by atoms with Gasteiger partial charge in [0.1, 0.15) is 0 Å². The number of anilines is 1. The molecule has 0 fully saturated rings. The van der Waals surface area contributed by atoms with Crippen molar-refractivity contribution in [1.29, 1.82) is 0 Å². The van der Waals surface area contributed by atoms with Crippen molar-refractivity contribution in [2.24, 2.45) is 0 Å². The molecule has 0 aromatic heterocycles. The third-order valence-corrected chi connectivity index (χ3v) is 3.92. The van der Waals surface area contributed by atoms with E-state index in [2.05, 4.69) is 36.5 Å². The highest BCUT2D eigenvalue weighted by atomic mass is 16.1. The van der Waals surface area contributed by atoms with E-state index in [1.807, 2.05) is 48.5 Å². The summed E-state index contributed by atoms with van der Waals surface area (Å²) in [4.78, 5) is 12.3. The molecule has 0 aliphatic rings. The second kappa shape index (κ2) is 6.44. The number of rotatable bonds is 4. The van der Waals surface area contributed by atoms with Crippen LogP contribution in [0, 0.1) is 0 Å². The van der Waals surface area contributed by atoms with Gasteiger partial charge in [-0.2, -0.15) is 0 Å². The molecule has 2 heteroatoms. The van der Waals surface area contributed by atoms with Gasteiger partial charge in [0.2, 0.25) is 5.91 Å². The second-order valence-corrected chi connectivity index (χ2v) is 5.59. The molecule has 3 rings (SSSR count). The zero-order valence-corrected chi connectivity index (χ0v) is 12.6. The first-order chi connectivity index (χ1) is 10.7. The topological polar surface area (TPSA) is 29.1 Å². The van der Waals surface area contributed by atoms with Gasteiger partial charge < -0.3 is 5.32 Å². The molecule has 1 unspecified atom stereocenters. The molecule has 2 nitrogen and oxygen atoms in total. The number of amides is 1. The Kier molecular flexibility index (Phi) is 4.19. The molecule has 0 bridgehead atoms. The number of fused-ring (bicyclic) bond motifs is 1. The molecule has 0 radical (unpaired) electrons. The molecular formula is C20H19NO. The Hall–Kier alpha value is -2.61. The fourth-order valence-electron chi connectivity index (χ4n) is 2.71. The van der Waals surface area contributed by atoms with E-state index in [9.17, 15) is 4.79 Å². The van der Waals surface area contributed by atoms with Crippen LogP contribution in [-0.2, 0) is 4.79 Å². The van der Waals surface area contributed by atoms with Crippen molar-refractivity contribution in [3.8, 4) is 0 Å². The van der Waals surface area contributed by atoms with Gasteiger partial charge in [-0.25, -0.2) is 0 Å². The molecule has 0 aliphatic heterocycles. The first-order valence-electron chi connectivity index (χ1n) is 7.56. The van der Waals surface area contributed by atoms with Crippen LogP contribution >= 0.6 is 0 Å². The predicted molar refractivity (Wildman–Crippen MR) is 92.1 cm³/mol. The van der Waals surface area contributed by atoms with Crippen LogP contribution in [0.4, 0.5) is 5.69 Å². The Bertz CT molecular complexity index is 775. The number of carbonyl (C=O) groups excluding carboxylic acids is 1. The Morgan fingerprint density at radius 1 is 0.909 bits per heavy atom. The van der Waals surface area contributed by atoms with E-state index in [1.165, 1.54) is 5.56 Å². The van der Waals surface area contributed by atoms with E-state index in [-0.39, 0.29) is 11.8 Å². The lowest BCUT2D eigenvalue weighted by atomic mass is 9.97. The van der Waals surface area contributed by atoms with Gasteiger partial charge in [0.25, 0.3) is 0 Å². The maximum absolute atomic E-state index is 12.3. The summed E-state index contributed by atoms with van der Waals surface area (Å²) in [6.07, 6.45) is 0.479. The van der Waals surface area contributed by atoms with Crippen molar-refractivity contribution in [2.45, 2.75) is 19.3 Å². The first-order valence-corrected chi connectivity index (χ1v) is 7.56. The lowest BCUT2D eigenvalue weighted by Crippen LogP contribution is -2.14. The van der Waals surface area contributed by atoms with Gasteiger partial charge in [0, 0.05) is 17.5 Å². The van der Waals surface area contributed by atoms with Crippen LogP contribution in [0.25, 0.3) is 10.8 Å². The van der Waals surface area contributed by atoms with Gasteiger partial charge in [-0.15, -0.1) is 0 Å². The summed E-state index contributed by atoms with van der Waals surface area (Å²) in [7, 11) is 0. The molecule has 0 saturated heterocycles. The summed E-state index contributed by atoms with van der Waals surface area (Å²) >= 11 is 0. The highest BCUT2D eigenvalue weighted by Gasteiger charge is 2.12. The molecule has 0 aliphatic carbocycles. The normalized spacial score (nSPS) is 12.0. The zero-order valence-electron chi connectivity index (χ0n) is 12.6. The highest BCUT2D eigenvalue weighted by molar-refractivity contribution is 6.02. The van der Waals surface area contributed by atoms with Gasteiger partial charge in [-0.1, -0.05) is 73.7 Å². The summed E-state index contributed by atoms with van der Waals surface area (Å²) in [5.74, 6) is 0.254. The maximum atomic E-state index is 12.3. The number of hydrogen-bond acceptors (Lipinski definition) is 1. The Balaban J connectivity index is 1.74. The lowest BCUT2D eigenvalue weighted by molar-refractivity contribution is -0.116. The van der Waals surface area contributed by atoms with Gasteiger partial charge >= 0.3 is 0 Å². The van der Waals surface area contributed by atoms with E-state index in [1.54, 1.807) is 0 Å². The minimum absolute atomic E-state index is 0.0488. The van der Waals surface area contributed by atoms with Crippen molar-refractivity contribution < 1.29 is 4.79 Å². The summed E-state index contributed by atoms with van der Waals surface area (Å²) in [5.41, 5.74) is 2.07. The molecule has 0 heterocycles. The summed E-state index contributed by atoms with van der Waals surface area (Å²) in [5, 5.41) is 5.26. The Morgan fingerprint density at radius 2 is 1.59 bits per heavy atom. The SMILES string of the molecule is CC(CC(=O)Nc1cccc2ccccc12)c1ccccc1. The van der Waals surface area contributed by atoms with E-state index in [4.69, 9.17) is 0 Å². The zero-order chi connectivity index (χ0) is 15.4. The van der Waals surface area contributed by atoms with Gasteiger partial charge in [0.05, 0.1) is 0 Å². The molecule has 3 aromatic rings. The van der Waals surface area contributed by atoms with Crippen molar-refractivity contribution in [1.82, 2.24) is 0 Å². The standard InChI is InChI=1S/C20H19NO/c1-15(16-8-3-2-4-9-16)14-20(22)21-19-13-7-11-17-10-5-6-12-18(17)19/h2-13,15H,14H2,1H3,(H,21,22). The van der Waals surface area contributed by atoms with Crippen molar-refractivity contribution in [3.63, 3.8) is 0 Å². The Labute approximate surface area is 130 Å².